The number of aliphatic hydroxyl groups is 1. The van der Waals surface area contributed by atoms with Crippen molar-refractivity contribution in [1.82, 2.24) is 0 Å². The number of allylic oxidation sites excluding steroid dienone is 6. The van der Waals surface area contributed by atoms with Gasteiger partial charge in [-0.3, -0.25) is 9.59 Å². The first-order valence-electron chi connectivity index (χ1n) is 8.98. The van der Waals surface area contributed by atoms with Gasteiger partial charge in [0.2, 0.25) is 6.29 Å². The normalized spacial score (nSPS) is 33.3. The van der Waals surface area contributed by atoms with Crippen molar-refractivity contribution in [3.63, 3.8) is 0 Å². The lowest BCUT2D eigenvalue weighted by molar-refractivity contribution is -0.168. The Morgan fingerprint density at radius 3 is 2.81 bits per heavy atom. The smallest absolute Gasteiger partial charge is 0.309 e. The number of aliphatic hydroxyl groups excluding tert-OH is 1. The van der Waals surface area contributed by atoms with E-state index in [-0.39, 0.29) is 18.6 Å². The lowest BCUT2D eigenvalue weighted by Gasteiger charge is -2.35. The molecule has 0 saturated carbocycles. The highest BCUT2D eigenvalue weighted by atomic mass is 16.8. The van der Waals surface area contributed by atoms with Crippen LogP contribution in [0.4, 0.5) is 0 Å². The van der Waals surface area contributed by atoms with Crippen molar-refractivity contribution in [2.24, 2.45) is 0 Å². The quantitative estimate of drug-likeness (QED) is 0.438. The molecule has 0 aromatic heterocycles. The molecular formula is C21H24O6. The number of ether oxygens (including phenoxy) is 3. The second kappa shape index (κ2) is 7.29. The largest absolute Gasteiger partial charge is 0.461 e. The van der Waals surface area contributed by atoms with E-state index in [1.54, 1.807) is 19.1 Å². The zero-order valence-corrected chi connectivity index (χ0v) is 15.7. The number of esters is 1. The van der Waals surface area contributed by atoms with Gasteiger partial charge < -0.3 is 19.3 Å². The first kappa shape index (κ1) is 19.3. The van der Waals surface area contributed by atoms with Gasteiger partial charge in [0.15, 0.2) is 17.0 Å². The molecule has 2 aliphatic heterocycles. The number of rotatable bonds is 6. The van der Waals surface area contributed by atoms with Crippen molar-refractivity contribution in [3.8, 4) is 0 Å². The molecule has 6 heteroatoms. The van der Waals surface area contributed by atoms with Gasteiger partial charge in [0.25, 0.3) is 0 Å². The summed E-state index contributed by atoms with van der Waals surface area (Å²) < 4.78 is 16.9. The molecule has 27 heavy (non-hydrogen) atoms. The Labute approximate surface area is 158 Å². The lowest BCUT2D eigenvalue weighted by Crippen LogP contribution is -2.48. The maximum absolute atomic E-state index is 12.6. The first-order chi connectivity index (χ1) is 12.8. The molecule has 0 radical (unpaired) electrons. The average molecular weight is 372 g/mol. The van der Waals surface area contributed by atoms with Gasteiger partial charge in [0.1, 0.15) is 5.76 Å². The molecule has 1 fully saturated rings. The van der Waals surface area contributed by atoms with Gasteiger partial charge in [0, 0.05) is 6.42 Å². The predicted molar refractivity (Wildman–Crippen MR) is 98.4 cm³/mol. The average Bonchev–Trinajstić information content (AvgIpc) is 3.26. The van der Waals surface area contributed by atoms with Crippen LogP contribution in [0, 0.1) is 0 Å². The number of hydrogen-bond donors (Lipinski definition) is 1. The molecule has 1 saturated heterocycles. The molecule has 1 aliphatic carbocycles. The van der Waals surface area contributed by atoms with Gasteiger partial charge in [0.05, 0.1) is 12.5 Å². The highest BCUT2D eigenvalue weighted by Gasteiger charge is 2.68. The molecular weight excluding hydrogens is 348 g/mol. The topological polar surface area (TPSA) is 85.4 Å². The molecule has 6 nitrogen and oxygen atoms in total. The molecule has 144 valence electrons. The van der Waals surface area contributed by atoms with Crippen molar-refractivity contribution < 1.29 is 28.9 Å². The fraction of sp³-hybridized carbons (Fsp3) is 0.429. The van der Waals surface area contributed by atoms with Crippen molar-refractivity contribution >= 4 is 11.8 Å². The molecule has 0 amide bonds. The second-order valence-corrected chi connectivity index (χ2v) is 7.17. The first-order valence-corrected chi connectivity index (χ1v) is 8.98. The minimum Gasteiger partial charge on any atom is -0.461 e. The Kier molecular flexibility index (Phi) is 5.22. The molecule has 4 atom stereocenters. The van der Waals surface area contributed by atoms with Gasteiger partial charge in [-0.1, -0.05) is 30.4 Å². The van der Waals surface area contributed by atoms with E-state index in [1.807, 2.05) is 37.3 Å². The highest BCUT2D eigenvalue weighted by Crippen LogP contribution is 2.56. The predicted octanol–water partition coefficient (Wildman–Crippen LogP) is 2.66. The highest BCUT2D eigenvalue weighted by molar-refractivity contribution is 6.01. The van der Waals surface area contributed by atoms with Gasteiger partial charge in [-0.15, -0.1) is 0 Å². The van der Waals surface area contributed by atoms with Crippen LogP contribution in [0.2, 0.25) is 0 Å². The van der Waals surface area contributed by atoms with Crippen molar-refractivity contribution in [2.45, 2.75) is 57.2 Å². The van der Waals surface area contributed by atoms with Crippen LogP contribution in [-0.4, -0.2) is 40.5 Å². The number of carbonyl (C=O) groups excluding carboxylic acids is 2. The molecule has 3 aliphatic rings. The molecule has 0 bridgehead atoms. The zero-order valence-electron chi connectivity index (χ0n) is 15.7. The summed E-state index contributed by atoms with van der Waals surface area (Å²) >= 11 is 0. The van der Waals surface area contributed by atoms with E-state index < -0.39 is 29.6 Å². The van der Waals surface area contributed by atoms with Crippen molar-refractivity contribution in [3.05, 3.63) is 59.9 Å². The standard InChI is InChI=1S/C21H24O6/c1-4-5-6-7-8-9-16-11-15-12-17(23)20(3,26-18(24)10-14(2)22)13-21(15)19(25-16)27-21/h4-9,11-12,14,19,22H,10,13H2,1-3H3/b5-4+,7-6+,9-8+. The van der Waals surface area contributed by atoms with Crippen LogP contribution in [0.15, 0.2) is 59.9 Å². The summed E-state index contributed by atoms with van der Waals surface area (Å²) in [7, 11) is 0. The molecule has 4 unspecified atom stereocenters. The Balaban J connectivity index is 1.77. The summed E-state index contributed by atoms with van der Waals surface area (Å²) in [5.41, 5.74) is -1.36. The van der Waals surface area contributed by atoms with E-state index in [9.17, 15) is 14.7 Å². The molecule has 1 N–H and O–H groups in total. The minimum atomic E-state index is -1.33. The summed E-state index contributed by atoms with van der Waals surface area (Å²) in [6.45, 7) is 5.00. The SMILES string of the molecule is C/C=C/C=C/C=C/C1=CC2=CC(=O)C(C)(OC(=O)CC(C)O)CC23OC3O1. The summed E-state index contributed by atoms with van der Waals surface area (Å²) in [4.78, 5) is 24.5. The summed E-state index contributed by atoms with van der Waals surface area (Å²) in [6, 6.07) is 0. The van der Waals surface area contributed by atoms with Gasteiger partial charge in [-0.05, 0) is 44.6 Å². The zero-order chi connectivity index (χ0) is 19.7. The Morgan fingerprint density at radius 2 is 2.11 bits per heavy atom. The monoisotopic (exact) mass is 372 g/mol. The molecule has 1 spiro atoms. The number of ketones is 1. The van der Waals surface area contributed by atoms with Gasteiger partial charge >= 0.3 is 5.97 Å². The van der Waals surface area contributed by atoms with Crippen LogP contribution in [0.3, 0.4) is 0 Å². The van der Waals surface area contributed by atoms with Crippen molar-refractivity contribution in [2.75, 3.05) is 0 Å². The molecule has 0 aromatic carbocycles. The van der Waals surface area contributed by atoms with Crippen LogP contribution >= 0.6 is 0 Å². The Morgan fingerprint density at radius 1 is 1.37 bits per heavy atom. The Bertz CT molecular complexity index is 784. The number of carbonyl (C=O) groups is 2. The number of epoxide rings is 1. The van der Waals surface area contributed by atoms with E-state index >= 15 is 0 Å². The third-order valence-corrected chi connectivity index (χ3v) is 4.67. The fourth-order valence-corrected chi connectivity index (χ4v) is 3.28. The minimum absolute atomic E-state index is 0.164. The van der Waals surface area contributed by atoms with Crippen LogP contribution in [-0.2, 0) is 23.8 Å². The van der Waals surface area contributed by atoms with E-state index in [2.05, 4.69) is 0 Å². The second-order valence-electron chi connectivity index (χ2n) is 7.17. The van der Waals surface area contributed by atoms with Crippen LogP contribution in [0.1, 0.15) is 33.6 Å². The number of hydrogen-bond acceptors (Lipinski definition) is 6. The van der Waals surface area contributed by atoms with Crippen LogP contribution < -0.4 is 0 Å². The van der Waals surface area contributed by atoms with Crippen LogP contribution in [0.5, 0.6) is 0 Å². The lowest BCUT2D eigenvalue weighted by atomic mass is 9.76. The van der Waals surface area contributed by atoms with E-state index in [1.165, 1.54) is 13.0 Å². The third-order valence-electron chi connectivity index (χ3n) is 4.67. The maximum atomic E-state index is 12.6. The van der Waals surface area contributed by atoms with E-state index in [4.69, 9.17) is 14.2 Å². The molecule has 0 aromatic rings. The fourth-order valence-electron chi connectivity index (χ4n) is 3.28. The summed E-state index contributed by atoms with van der Waals surface area (Å²) in [5.74, 6) is -0.312. The van der Waals surface area contributed by atoms with Gasteiger partial charge in [-0.2, -0.15) is 0 Å². The molecule has 3 rings (SSSR count). The Hall–Kier alpha value is -2.44. The van der Waals surface area contributed by atoms with Gasteiger partial charge in [-0.25, -0.2) is 0 Å². The third kappa shape index (κ3) is 3.96. The summed E-state index contributed by atoms with van der Waals surface area (Å²) in [5, 5.41) is 9.33. The van der Waals surface area contributed by atoms with Crippen LogP contribution in [0.25, 0.3) is 0 Å². The molecule has 2 heterocycles. The van der Waals surface area contributed by atoms with E-state index in [0.717, 1.165) is 5.57 Å². The van der Waals surface area contributed by atoms with E-state index in [0.29, 0.717) is 5.76 Å². The van der Waals surface area contributed by atoms with Crippen molar-refractivity contribution in [1.29, 1.82) is 0 Å². The summed E-state index contributed by atoms with van der Waals surface area (Å²) in [6.07, 6.45) is 13.2. The maximum Gasteiger partial charge on any atom is 0.309 e.